The Kier molecular flexibility index (Phi) is 4.05. The molecule has 4 nitrogen and oxygen atoms in total. The molecule has 5 heteroatoms. The molecule has 0 fully saturated rings. The molecule has 1 rings (SSSR count). The average Bonchev–Trinajstić information content (AvgIpc) is 2.16. The van der Waals surface area contributed by atoms with Crippen LogP contribution in [-0.4, -0.2) is 22.0 Å². The second-order valence-electron chi connectivity index (χ2n) is 3.45. The van der Waals surface area contributed by atoms with Crippen molar-refractivity contribution in [3.63, 3.8) is 0 Å². The van der Waals surface area contributed by atoms with Crippen LogP contribution >= 0.6 is 11.6 Å². The van der Waals surface area contributed by atoms with Crippen LogP contribution < -0.4 is 5.32 Å². The fraction of sp³-hybridized carbons (Fsp3) is 0.400. The zero-order valence-electron chi connectivity index (χ0n) is 8.62. The smallest absolute Gasteiger partial charge is 0.252 e. The van der Waals surface area contributed by atoms with Gasteiger partial charge in [-0.3, -0.25) is 4.79 Å². The van der Waals surface area contributed by atoms with Gasteiger partial charge in [-0.25, -0.2) is 4.98 Å². The van der Waals surface area contributed by atoms with Crippen LogP contribution in [-0.2, 0) is 6.61 Å². The lowest BCUT2D eigenvalue weighted by Crippen LogP contribution is -2.30. The molecular formula is C10H13ClN2O2. The number of halogens is 1. The first kappa shape index (κ1) is 11.9. The summed E-state index contributed by atoms with van der Waals surface area (Å²) < 4.78 is 0. The van der Waals surface area contributed by atoms with Crippen molar-refractivity contribution in [2.24, 2.45) is 0 Å². The number of rotatable bonds is 3. The van der Waals surface area contributed by atoms with Gasteiger partial charge in [-0.1, -0.05) is 11.6 Å². The normalized spacial score (nSPS) is 10.5. The number of aliphatic hydroxyl groups excluding tert-OH is 1. The summed E-state index contributed by atoms with van der Waals surface area (Å²) in [6.45, 7) is 3.49. The van der Waals surface area contributed by atoms with Crippen LogP contribution in [0, 0.1) is 0 Å². The Balaban J connectivity index is 3.00. The van der Waals surface area contributed by atoms with E-state index < -0.39 is 0 Å². The molecule has 1 aromatic rings. The highest BCUT2D eigenvalue weighted by atomic mass is 35.5. The second kappa shape index (κ2) is 5.09. The second-order valence-corrected chi connectivity index (χ2v) is 3.84. The molecule has 0 spiro atoms. The topological polar surface area (TPSA) is 62.2 Å². The Morgan fingerprint density at radius 1 is 1.67 bits per heavy atom. The number of carbonyl (C=O) groups excluding carboxylic acids is 1. The van der Waals surface area contributed by atoms with Gasteiger partial charge in [0.25, 0.3) is 5.91 Å². The summed E-state index contributed by atoms with van der Waals surface area (Å²) in [6.07, 6.45) is 1.40. The Bertz CT molecular complexity index is 366. The van der Waals surface area contributed by atoms with Crippen LogP contribution in [0.5, 0.6) is 0 Å². The number of amides is 1. The van der Waals surface area contributed by atoms with Gasteiger partial charge in [-0.15, -0.1) is 0 Å². The highest BCUT2D eigenvalue weighted by molar-refractivity contribution is 6.29. The SMILES string of the molecule is CC(C)NC(=O)c1cc(Cl)ncc1CO. The summed E-state index contributed by atoms with van der Waals surface area (Å²) in [5, 5.41) is 12.0. The van der Waals surface area contributed by atoms with E-state index in [1.165, 1.54) is 12.3 Å². The molecule has 82 valence electrons. The predicted octanol–water partition coefficient (Wildman–Crippen LogP) is 1.37. The van der Waals surface area contributed by atoms with Crippen molar-refractivity contribution in [1.82, 2.24) is 10.3 Å². The maximum atomic E-state index is 11.7. The first-order valence-corrected chi connectivity index (χ1v) is 4.98. The predicted molar refractivity (Wildman–Crippen MR) is 57.8 cm³/mol. The van der Waals surface area contributed by atoms with E-state index >= 15 is 0 Å². The Morgan fingerprint density at radius 3 is 2.87 bits per heavy atom. The van der Waals surface area contributed by atoms with E-state index in [0.717, 1.165) is 0 Å². The van der Waals surface area contributed by atoms with Crippen molar-refractivity contribution in [2.45, 2.75) is 26.5 Å². The molecule has 1 aromatic heterocycles. The number of aliphatic hydroxyl groups is 1. The van der Waals surface area contributed by atoms with Gasteiger partial charge in [0.05, 0.1) is 6.61 Å². The Hall–Kier alpha value is -1.13. The number of aromatic nitrogens is 1. The van der Waals surface area contributed by atoms with Gasteiger partial charge in [0.15, 0.2) is 0 Å². The van der Waals surface area contributed by atoms with Gasteiger partial charge in [0.2, 0.25) is 0 Å². The van der Waals surface area contributed by atoms with E-state index in [1.54, 1.807) is 0 Å². The monoisotopic (exact) mass is 228 g/mol. The maximum Gasteiger partial charge on any atom is 0.252 e. The molecule has 0 radical (unpaired) electrons. The molecule has 1 heterocycles. The van der Waals surface area contributed by atoms with E-state index in [-0.39, 0.29) is 23.7 Å². The summed E-state index contributed by atoms with van der Waals surface area (Å²) in [5.41, 5.74) is 0.837. The number of hydrogen-bond acceptors (Lipinski definition) is 3. The molecule has 0 unspecified atom stereocenters. The van der Waals surface area contributed by atoms with E-state index in [2.05, 4.69) is 10.3 Å². The standard InChI is InChI=1S/C10H13ClN2O2/c1-6(2)13-10(15)8-3-9(11)12-4-7(8)5-14/h3-4,6,14H,5H2,1-2H3,(H,13,15). The van der Waals surface area contributed by atoms with Crippen LogP contribution in [0.15, 0.2) is 12.3 Å². The zero-order chi connectivity index (χ0) is 11.4. The number of pyridine rings is 1. The lowest BCUT2D eigenvalue weighted by Gasteiger charge is -2.10. The fourth-order valence-corrected chi connectivity index (χ4v) is 1.29. The van der Waals surface area contributed by atoms with E-state index in [4.69, 9.17) is 16.7 Å². The van der Waals surface area contributed by atoms with Crippen molar-refractivity contribution >= 4 is 17.5 Å². The van der Waals surface area contributed by atoms with Gasteiger partial charge in [0.1, 0.15) is 5.15 Å². The number of hydrogen-bond donors (Lipinski definition) is 2. The quantitative estimate of drug-likeness (QED) is 0.768. The molecule has 15 heavy (non-hydrogen) atoms. The van der Waals surface area contributed by atoms with Crippen LogP contribution in [0.3, 0.4) is 0 Å². The number of carbonyl (C=O) groups is 1. The molecule has 0 saturated carbocycles. The minimum atomic E-state index is -0.252. The molecule has 0 bridgehead atoms. The van der Waals surface area contributed by atoms with Crippen LogP contribution in [0.4, 0.5) is 0 Å². The summed E-state index contributed by atoms with van der Waals surface area (Å²) in [6, 6.07) is 1.49. The van der Waals surface area contributed by atoms with E-state index in [0.29, 0.717) is 11.1 Å². The van der Waals surface area contributed by atoms with E-state index in [9.17, 15) is 4.79 Å². The van der Waals surface area contributed by atoms with Crippen molar-refractivity contribution in [1.29, 1.82) is 0 Å². The van der Waals surface area contributed by atoms with Crippen molar-refractivity contribution in [2.75, 3.05) is 0 Å². The third-order valence-electron chi connectivity index (χ3n) is 1.79. The summed E-state index contributed by atoms with van der Waals surface area (Å²) in [5.74, 6) is -0.252. The van der Waals surface area contributed by atoms with Crippen LogP contribution in [0.1, 0.15) is 29.8 Å². The highest BCUT2D eigenvalue weighted by Crippen LogP contribution is 2.13. The zero-order valence-corrected chi connectivity index (χ0v) is 9.38. The van der Waals surface area contributed by atoms with Gasteiger partial charge < -0.3 is 10.4 Å². The number of nitrogens with zero attached hydrogens (tertiary/aromatic N) is 1. The van der Waals surface area contributed by atoms with Crippen LogP contribution in [0.2, 0.25) is 5.15 Å². The Morgan fingerprint density at radius 2 is 2.33 bits per heavy atom. The minimum absolute atomic E-state index is 0.0379. The molecule has 0 aliphatic rings. The summed E-state index contributed by atoms with van der Waals surface area (Å²) in [4.78, 5) is 15.5. The molecule has 0 saturated heterocycles. The molecule has 1 amide bonds. The van der Waals surface area contributed by atoms with E-state index in [1.807, 2.05) is 13.8 Å². The van der Waals surface area contributed by atoms with Gasteiger partial charge in [0, 0.05) is 23.4 Å². The highest BCUT2D eigenvalue weighted by Gasteiger charge is 2.12. The molecule has 0 aliphatic carbocycles. The third-order valence-corrected chi connectivity index (χ3v) is 1.99. The first-order chi connectivity index (χ1) is 7.04. The largest absolute Gasteiger partial charge is 0.392 e. The lowest BCUT2D eigenvalue weighted by molar-refractivity contribution is 0.0940. The molecule has 2 N–H and O–H groups in total. The van der Waals surface area contributed by atoms with Gasteiger partial charge in [-0.05, 0) is 19.9 Å². The average molecular weight is 229 g/mol. The first-order valence-electron chi connectivity index (χ1n) is 4.60. The van der Waals surface area contributed by atoms with Gasteiger partial charge in [-0.2, -0.15) is 0 Å². The summed E-state index contributed by atoms with van der Waals surface area (Å²) >= 11 is 5.68. The molecule has 0 atom stereocenters. The lowest BCUT2D eigenvalue weighted by atomic mass is 10.1. The van der Waals surface area contributed by atoms with Crippen molar-refractivity contribution in [3.05, 3.63) is 28.5 Å². The molecular weight excluding hydrogens is 216 g/mol. The van der Waals surface area contributed by atoms with Crippen molar-refractivity contribution < 1.29 is 9.90 Å². The maximum absolute atomic E-state index is 11.7. The minimum Gasteiger partial charge on any atom is -0.392 e. The van der Waals surface area contributed by atoms with Crippen LogP contribution in [0.25, 0.3) is 0 Å². The fourth-order valence-electron chi connectivity index (χ4n) is 1.14. The number of nitrogens with one attached hydrogen (secondary N) is 1. The molecule has 0 aromatic carbocycles. The Labute approximate surface area is 93.3 Å². The third kappa shape index (κ3) is 3.18. The van der Waals surface area contributed by atoms with Gasteiger partial charge >= 0.3 is 0 Å². The summed E-state index contributed by atoms with van der Waals surface area (Å²) in [7, 11) is 0. The van der Waals surface area contributed by atoms with Crippen molar-refractivity contribution in [3.8, 4) is 0 Å². The molecule has 0 aliphatic heterocycles.